The Morgan fingerprint density at radius 2 is 2.21 bits per heavy atom. The molecule has 0 spiro atoms. The van der Waals surface area contributed by atoms with Crippen molar-refractivity contribution in [1.29, 1.82) is 0 Å². The van der Waals surface area contributed by atoms with E-state index < -0.39 is 0 Å². The van der Waals surface area contributed by atoms with Crippen molar-refractivity contribution in [3.8, 4) is 0 Å². The molecule has 2 nitrogen and oxygen atoms in total. The number of benzene rings is 1. The van der Waals surface area contributed by atoms with Gasteiger partial charge in [0.05, 0.1) is 11.7 Å². The zero-order valence-electron chi connectivity index (χ0n) is 11.3. The summed E-state index contributed by atoms with van der Waals surface area (Å²) >= 11 is 11.5. The molecule has 1 atom stereocenters. The third-order valence-corrected chi connectivity index (χ3v) is 5.18. The SMILES string of the molecule is Cc1cc(Br)c(NC2=NC(C(C)C)CCS2)cc1Cl. The molecule has 0 aliphatic carbocycles. The molecular formula is C14H18BrClN2S. The molecular weight excluding hydrogens is 344 g/mol. The summed E-state index contributed by atoms with van der Waals surface area (Å²) in [5, 5.41) is 5.15. The maximum atomic E-state index is 6.18. The number of amidine groups is 1. The standard InChI is InChI=1S/C14H18BrClN2S/c1-8(2)12-4-5-19-14(17-12)18-13-7-11(16)9(3)6-10(13)15/h6-8,12H,4-5H2,1-3H3,(H,17,18). The van der Waals surface area contributed by atoms with E-state index in [9.17, 15) is 0 Å². The molecule has 0 amide bonds. The predicted octanol–water partition coefficient (Wildman–Crippen LogP) is 5.34. The van der Waals surface area contributed by atoms with Gasteiger partial charge in [0.1, 0.15) is 0 Å². The monoisotopic (exact) mass is 360 g/mol. The Bertz CT molecular complexity index is 502. The van der Waals surface area contributed by atoms with Crippen molar-refractivity contribution in [2.24, 2.45) is 10.9 Å². The molecule has 19 heavy (non-hydrogen) atoms. The van der Waals surface area contributed by atoms with E-state index in [-0.39, 0.29) is 0 Å². The van der Waals surface area contributed by atoms with E-state index in [1.165, 1.54) is 0 Å². The van der Waals surface area contributed by atoms with Crippen LogP contribution < -0.4 is 5.32 Å². The highest BCUT2D eigenvalue weighted by atomic mass is 79.9. The fraction of sp³-hybridized carbons (Fsp3) is 0.500. The van der Waals surface area contributed by atoms with Gasteiger partial charge in [0, 0.05) is 15.2 Å². The quantitative estimate of drug-likeness (QED) is 0.769. The topological polar surface area (TPSA) is 24.4 Å². The van der Waals surface area contributed by atoms with Crippen LogP contribution >= 0.6 is 39.3 Å². The Balaban J connectivity index is 2.19. The summed E-state index contributed by atoms with van der Waals surface area (Å²) in [7, 11) is 0. The zero-order valence-corrected chi connectivity index (χ0v) is 14.5. The van der Waals surface area contributed by atoms with Crippen LogP contribution in [0.15, 0.2) is 21.6 Å². The molecule has 1 aliphatic heterocycles. The molecule has 5 heteroatoms. The van der Waals surface area contributed by atoms with Gasteiger partial charge in [-0.2, -0.15) is 0 Å². The van der Waals surface area contributed by atoms with E-state index in [1.54, 1.807) is 11.8 Å². The lowest BCUT2D eigenvalue weighted by Gasteiger charge is -2.23. The minimum atomic E-state index is 0.420. The Morgan fingerprint density at radius 3 is 2.89 bits per heavy atom. The lowest BCUT2D eigenvalue weighted by molar-refractivity contribution is 0.485. The van der Waals surface area contributed by atoms with Gasteiger partial charge >= 0.3 is 0 Å². The third-order valence-electron chi connectivity index (χ3n) is 3.19. The molecule has 0 bridgehead atoms. The molecule has 0 aromatic heterocycles. The summed E-state index contributed by atoms with van der Waals surface area (Å²) in [6.07, 6.45) is 1.16. The first-order chi connectivity index (χ1) is 8.97. The molecule has 0 radical (unpaired) electrons. The number of hydrogen-bond donors (Lipinski definition) is 1. The Labute approximate surface area is 132 Å². The van der Waals surface area contributed by atoms with Crippen molar-refractivity contribution >= 4 is 50.1 Å². The van der Waals surface area contributed by atoms with Crippen LogP contribution in [0.4, 0.5) is 5.69 Å². The molecule has 2 rings (SSSR count). The van der Waals surface area contributed by atoms with Gasteiger partial charge < -0.3 is 5.32 Å². The Hall–Kier alpha value is -0.190. The van der Waals surface area contributed by atoms with Gasteiger partial charge in [0.25, 0.3) is 0 Å². The molecule has 1 aromatic carbocycles. The number of halogens is 2. The average molecular weight is 362 g/mol. The molecule has 0 fully saturated rings. The van der Waals surface area contributed by atoms with Gasteiger partial charge in [-0.05, 0) is 52.9 Å². The van der Waals surface area contributed by atoms with Crippen molar-refractivity contribution in [3.63, 3.8) is 0 Å². The molecule has 1 unspecified atom stereocenters. The predicted molar refractivity (Wildman–Crippen MR) is 90.6 cm³/mol. The minimum absolute atomic E-state index is 0.420. The van der Waals surface area contributed by atoms with E-state index >= 15 is 0 Å². The molecule has 104 valence electrons. The number of hydrogen-bond acceptors (Lipinski definition) is 3. The van der Waals surface area contributed by atoms with Crippen molar-refractivity contribution in [2.75, 3.05) is 11.1 Å². The number of aliphatic imine (C=N–C) groups is 1. The summed E-state index contributed by atoms with van der Waals surface area (Å²) in [5.41, 5.74) is 2.05. The summed E-state index contributed by atoms with van der Waals surface area (Å²) in [5.74, 6) is 1.70. The number of aryl methyl sites for hydroxylation is 1. The zero-order chi connectivity index (χ0) is 14.0. The van der Waals surface area contributed by atoms with Gasteiger partial charge in [-0.3, -0.25) is 4.99 Å². The highest BCUT2D eigenvalue weighted by molar-refractivity contribution is 9.10. The smallest absolute Gasteiger partial charge is 0.161 e. The van der Waals surface area contributed by atoms with Gasteiger partial charge in [-0.25, -0.2) is 0 Å². The van der Waals surface area contributed by atoms with Crippen LogP contribution in [0.3, 0.4) is 0 Å². The second kappa shape index (κ2) is 6.51. The minimum Gasteiger partial charge on any atom is -0.334 e. The largest absolute Gasteiger partial charge is 0.334 e. The summed E-state index contributed by atoms with van der Waals surface area (Å²) in [6, 6.07) is 4.39. The second-order valence-electron chi connectivity index (χ2n) is 5.09. The maximum absolute atomic E-state index is 6.18. The fourth-order valence-electron chi connectivity index (χ4n) is 1.94. The van der Waals surface area contributed by atoms with Crippen molar-refractivity contribution in [1.82, 2.24) is 0 Å². The lowest BCUT2D eigenvalue weighted by atomic mass is 10.0. The van der Waals surface area contributed by atoms with Crippen LogP contribution in [-0.4, -0.2) is 17.0 Å². The maximum Gasteiger partial charge on any atom is 0.161 e. The number of nitrogens with one attached hydrogen (secondary N) is 1. The Morgan fingerprint density at radius 1 is 1.47 bits per heavy atom. The first-order valence-electron chi connectivity index (χ1n) is 6.40. The molecule has 1 aliphatic rings. The van der Waals surface area contributed by atoms with Gasteiger partial charge in [0.2, 0.25) is 0 Å². The normalized spacial score (nSPS) is 19.5. The highest BCUT2D eigenvalue weighted by Gasteiger charge is 2.19. The average Bonchev–Trinajstić information content (AvgIpc) is 2.36. The van der Waals surface area contributed by atoms with Crippen LogP contribution in [0.1, 0.15) is 25.8 Å². The van der Waals surface area contributed by atoms with E-state index in [1.807, 2.05) is 19.1 Å². The first kappa shape index (κ1) is 15.2. The van der Waals surface area contributed by atoms with Gasteiger partial charge in [-0.1, -0.05) is 37.2 Å². The molecule has 0 saturated heterocycles. The number of rotatable bonds is 2. The number of anilines is 1. The van der Waals surface area contributed by atoms with Crippen LogP contribution in [0.2, 0.25) is 5.02 Å². The highest BCUT2D eigenvalue weighted by Crippen LogP contribution is 2.31. The first-order valence-corrected chi connectivity index (χ1v) is 8.56. The van der Waals surface area contributed by atoms with Gasteiger partial charge in [0.15, 0.2) is 5.17 Å². The summed E-state index contributed by atoms with van der Waals surface area (Å²) < 4.78 is 1.02. The van der Waals surface area contributed by atoms with E-state index in [4.69, 9.17) is 16.6 Å². The van der Waals surface area contributed by atoms with Crippen LogP contribution in [0.5, 0.6) is 0 Å². The molecule has 1 N–H and O–H groups in total. The second-order valence-corrected chi connectivity index (χ2v) is 7.43. The summed E-state index contributed by atoms with van der Waals surface area (Å²) in [4.78, 5) is 4.77. The van der Waals surface area contributed by atoms with E-state index in [0.29, 0.717) is 12.0 Å². The van der Waals surface area contributed by atoms with Crippen molar-refractivity contribution in [2.45, 2.75) is 33.2 Å². The Kier molecular flexibility index (Phi) is 5.21. The van der Waals surface area contributed by atoms with E-state index in [2.05, 4.69) is 35.1 Å². The van der Waals surface area contributed by atoms with Crippen LogP contribution in [0, 0.1) is 12.8 Å². The van der Waals surface area contributed by atoms with Gasteiger partial charge in [-0.15, -0.1) is 0 Å². The lowest BCUT2D eigenvalue weighted by Crippen LogP contribution is -2.24. The fourth-order valence-corrected chi connectivity index (χ4v) is 3.60. The van der Waals surface area contributed by atoms with Crippen LogP contribution in [0.25, 0.3) is 0 Å². The van der Waals surface area contributed by atoms with Crippen LogP contribution in [-0.2, 0) is 0 Å². The molecule has 1 aromatic rings. The number of nitrogens with zero attached hydrogens (tertiary/aromatic N) is 1. The van der Waals surface area contributed by atoms with E-state index in [0.717, 1.165) is 38.1 Å². The molecule has 0 saturated carbocycles. The van der Waals surface area contributed by atoms with Crippen molar-refractivity contribution in [3.05, 3.63) is 27.2 Å². The van der Waals surface area contributed by atoms with Crippen molar-refractivity contribution < 1.29 is 0 Å². The summed E-state index contributed by atoms with van der Waals surface area (Å²) in [6.45, 7) is 6.44. The number of thioether (sulfide) groups is 1. The molecule has 1 heterocycles. The third kappa shape index (κ3) is 3.89.